The summed E-state index contributed by atoms with van der Waals surface area (Å²) >= 11 is 13.9. The molecule has 0 bridgehead atoms. The molecule has 50 heavy (non-hydrogen) atoms. The van der Waals surface area contributed by atoms with Crippen molar-refractivity contribution in [1.82, 2.24) is 30.8 Å². The van der Waals surface area contributed by atoms with Crippen LogP contribution in [-0.2, 0) is 22.7 Å². The standard InChI is InChI=1S/C37H40Cl2FN7O3/c1-22(48)47-16-12-26(13-17-47)44-20-25-10-14-43-37(35(25)40)46-30-5-3-4-28(33(30)38)29-11-15-42-36(34(29)39)23-6-7-24(31(18-23)50-2)19-41-21-27-8-9-32(49)45-27/h3-7,10-11,14-15,18,26-27,41,44H,8-9,12-13,16-17,19-21H2,1-2H3,(H,43,46)(H,45,49). The highest BCUT2D eigenvalue weighted by Gasteiger charge is 2.23. The fraction of sp³-hybridized carbons (Fsp3) is 0.351. The summed E-state index contributed by atoms with van der Waals surface area (Å²) in [7, 11) is 1.62. The minimum atomic E-state index is -0.468. The molecule has 1 atom stereocenters. The molecule has 0 aliphatic carbocycles. The van der Waals surface area contributed by atoms with Crippen LogP contribution in [-0.4, -0.2) is 65.5 Å². The summed E-state index contributed by atoms with van der Waals surface area (Å²) < 4.78 is 21.4. The number of pyridine rings is 2. The number of methoxy groups -OCH3 is 1. The summed E-state index contributed by atoms with van der Waals surface area (Å²) in [5.41, 5.74) is 4.55. The van der Waals surface area contributed by atoms with Crippen LogP contribution in [0.25, 0.3) is 22.4 Å². The van der Waals surface area contributed by atoms with E-state index in [1.807, 2.05) is 35.2 Å². The molecule has 262 valence electrons. The Labute approximate surface area is 301 Å². The van der Waals surface area contributed by atoms with E-state index in [0.29, 0.717) is 83.0 Å². The Hall–Kier alpha value is -4.29. The number of nitrogens with zero attached hydrogens (tertiary/aromatic N) is 3. The Morgan fingerprint density at radius 2 is 1.78 bits per heavy atom. The van der Waals surface area contributed by atoms with Crippen molar-refractivity contribution in [3.8, 4) is 28.1 Å². The maximum absolute atomic E-state index is 15.7. The first-order chi connectivity index (χ1) is 24.2. The first-order valence-corrected chi connectivity index (χ1v) is 17.5. The molecular weight excluding hydrogens is 680 g/mol. The first kappa shape index (κ1) is 35.5. The number of nitrogens with one attached hydrogen (secondary N) is 4. The highest BCUT2D eigenvalue weighted by Crippen LogP contribution is 2.42. The summed E-state index contributed by atoms with van der Waals surface area (Å²) in [6.45, 7) is 4.55. The SMILES string of the molecule is COc1cc(-c2nccc(-c3cccc(Nc4nccc(CNC5CCN(C(C)=O)CC5)c4F)c3Cl)c2Cl)ccc1CNCC1CCC(=O)N1. The van der Waals surface area contributed by atoms with Gasteiger partial charge in [0.05, 0.1) is 28.5 Å². The number of carbonyl (C=O) groups is 2. The van der Waals surface area contributed by atoms with Gasteiger partial charge in [0.1, 0.15) is 5.75 Å². The molecule has 2 saturated heterocycles. The first-order valence-electron chi connectivity index (χ1n) is 16.7. The van der Waals surface area contributed by atoms with Gasteiger partial charge in [0.25, 0.3) is 0 Å². The monoisotopic (exact) mass is 719 g/mol. The van der Waals surface area contributed by atoms with Crippen LogP contribution in [0.15, 0.2) is 60.9 Å². The average molecular weight is 721 g/mol. The lowest BCUT2D eigenvalue weighted by molar-refractivity contribution is -0.130. The number of piperidine rings is 1. The predicted molar refractivity (Wildman–Crippen MR) is 194 cm³/mol. The van der Waals surface area contributed by atoms with Crippen molar-refractivity contribution in [3.63, 3.8) is 0 Å². The fourth-order valence-corrected chi connectivity index (χ4v) is 7.02. The predicted octanol–water partition coefficient (Wildman–Crippen LogP) is 6.48. The van der Waals surface area contributed by atoms with Crippen molar-refractivity contribution in [1.29, 1.82) is 0 Å². The molecule has 0 radical (unpaired) electrons. The molecule has 2 aliphatic heterocycles. The van der Waals surface area contributed by atoms with Gasteiger partial charge >= 0.3 is 0 Å². The zero-order chi connectivity index (χ0) is 35.2. The zero-order valence-electron chi connectivity index (χ0n) is 28.0. The summed E-state index contributed by atoms with van der Waals surface area (Å²) in [6.07, 6.45) is 6.27. The normalized spacial score (nSPS) is 16.4. The number of hydrogen-bond donors (Lipinski definition) is 4. The molecular formula is C37H40Cl2FN7O3. The van der Waals surface area contributed by atoms with Gasteiger partial charge < -0.3 is 30.9 Å². The van der Waals surface area contributed by atoms with E-state index in [1.54, 1.807) is 44.6 Å². The van der Waals surface area contributed by atoms with Gasteiger partial charge in [-0.15, -0.1) is 0 Å². The van der Waals surface area contributed by atoms with Gasteiger partial charge in [-0.05, 0) is 43.5 Å². The van der Waals surface area contributed by atoms with E-state index >= 15 is 4.39 Å². The van der Waals surface area contributed by atoms with E-state index in [1.165, 1.54) is 0 Å². The van der Waals surface area contributed by atoms with Crippen LogP contribution in [0.2, 0.25) is 10.0 Å². The number of ether oxygens (including phenoxy) is 1. The Balaban J connectivity index is 1.16. The number of benzene rings is 2. The van der Waals surface area contributed by atoms with Gasteiger partial charge in [-0.25, -0.2) is 9.37 Å². The summed E-state index contributed by atoms with van der Waals surface area (Å²) in [5, 5.41) is 13.6. The van der Waals surface area contributed by atoms with Crippen molar-refractivity contribution in [3.05, 3.63) is 87.9 Å². The van der Waals surface area contributed by atoms with Crippen LogP contribution >= 0.6 is 23.2 Å². The lowest BCUT2D eigenvalue weighted by Crippen LogP contribution is -2.44. The molecule has 2 fully saturated rings. The number of hydrogen-bond acceptors (Lipinski definition) is 8. The third-order valence-electron chi connectivity index (χ3n) is 9.27. The molecule has 2 aromatic carbocycles. The molecule has 10 nitrogen and oxygen atoms in total. The van der Waals surface area contributed by atoms with Gasteiger partial charge in [0.15, 0.2) is 11.6 Å². The average Bonchev–Trinajstić information content (AvgIpc) is 3.54. The van der Waals surface area contributed by atoms with Crippen LogP contribution in [0, 0.1) is 5.82 Å². The molecule has 6 rings (SSSR count). The van der Waals surface area contributed by atoms with Crippen LogP contribution in [0.5, 0.6) is 5.75 Å². The van der Waals surface area contributed by atoms with Crippen LogP contribution in [0.4, 0.5) is 15.9 Å². The highest BCUT2D eigenvalue weighted by molar-refractivity contribution is 6.39. The minimum absolute atomic E-state index is 0.0610. The van der Waals surface area contributed by atoms with Crippen molar-refractivity contribution < 1.29 is 18.7 Å². The third-order valence-corrected chi connectivity index (χ3v) is 10.1. The topological polar surface area (TPSA) is 121 Å². The molecule has 2 aromatic heterocycles. The highest BCUT2D eigenvalue weighted by atomic mass is 35.5. The third kappa shape index (κ3) is 8.18. The quantitative estimate of drug-likeness (QED) is 0.131. The van der Waals surface area contributed by atoms with E-state index < -0.39 is 5.82 Å². The molecule has 2 aliphatic rings. The molecule has 0 saturated carbocycles. The lowest BCUT2D eigenvalue weighted by Gasteiger charge is -2.31. The van der Waals surface area contributed by atoms with Crippen molar-refractivity contribution in [2.24, 2.45) is 0 Å². The number of halogens is 3. The number of rotatable bonds is 12. The Kier molecular flexibility index (Phi) is 11.5. The van der Waals surface area contributed by atoms with Crippen LogP contribution in [0.3, 0.4) is 0 Å². The fourth-order valence-electron chi connectivity index (χ4n) is 6.43. The Morgan fingerprint density at radius 3 is 2.52 bits per heavy atom. The van der Waals surface area contributed by atoms with Gasteiger partial charge in [-0.2, -0.15) is 0 Å². The van der Waals surface area contributed by atoms with Crippen molar-refractivity contribution >= 4 is 46.5 Å². The maximum atomic E-state index is 15.7. The lowest BCUT2D eigenvalue weighted by atomic mass is 10.0. The van der Waals surface area contributed by atoms with Gasteiger partial charge in [0, 0.05) is 98.4 Å². The van der Waals surface area contributed by atoms with E-state index in [9.17, 15) is 9.59 Å². The number of anilines is 2. The Bertz CT molecular complexity index is 1870. The van der Waals surface area contributed by atoms with E-state index in [-0.39, 0.29) is 29.7 Å². The maximum Gasteiger partial charge on any atom is 0.220 e. The van der Waals surface area contributed by atoms with Gasteiger partial charge in [-0.3, -0.25) is 14.6 Å². The number of carbonyl (C=O) groups excluding carboxylic acids is 2. The Morgan fingerprint density at radius 1 is 1.00 bits per heavy atom. The summed E-state index contributed by atoms with van der Waals surface area (Å²) in [6, 6.07) is 15.0. The zero-order valence-corrected chi connectivity index (χ0v) is 29.5. The van der Waals surface area contributed by atoms with Crippen molar-refractivity contribution in [2.75, 3.05) is 32.1 Å². The molecule has 0 spiro atoms. The molecule has 13 heteroatoms. The van der Waals surface area contributed by atoms with Gasteiger partial charge in [-0.1, -0.05) is 47.5 Å². The number of likely N-dealkylation sites (tertiary alicyclic amines) is 1. The smallest absolute Gasteiger partial charge is 0.220 e. The van der Waals surface area contributed by atoms with Crippen molar-refractivity contribution in [2.45, 2.75) is 57.8 Å². The minimum Gasteiger partial charge on any atom is -0.496 e. The van der Waals surface area contributed by atoms with Crippen LogP contribution < -0.4 is 26.0 Å². The molecule has 4 heterocycles. The summed E-state index contributed by atoms with van der Waals surface area (Å²) in [5.74, 6) is 0.450. The molecule has 4 aromatic rings. The number of aromatic nitrogens is 2. The largest absolute Gasteiger partial charge is 0.496 e. The second-order valence-electron chi connectivity index (χ2n) is 12.6. The second-order valence-corrected chi connectivity index (χ2v) is 13.3. The number of amides is 2. The summed E-state index contributed by atoms with van der Waals surface area (Å²) in [4.78, 5) is 33.8. The molecule has 1 unspecified atom stereocenters. The van der Waals surface area contributed by atoms with Crippen LogP contribution in [0.1, 0.15) is 43.7 Å². The second kappa shape index (κ2) is 16.2. The van der Waals surface area contributed by atoms with E-state index in [0.717, 1.165) is 30.4 Å². The molecule has 2 amide bonds. The molecule has 4 N–H and O–H groups in total. The van der Waals surface area contributed by atoms with Gasteiger partial charge in [0.2, 0.25) is 11.8 Å². The van der Waals surface area contributed by atoms with E-state index in [4.69, 9.17) is 27.9 Å². The van der Waals surface area contributed by atoms with E-state index in [2.05, 4.69) is 31.2 Å².